The Bertz CT molecular complexity index is 1100. The Morgan fingerprint density at radius 2 is 2.06 bits per heavy atom. The van der Waals surface area contributed by atoms with Crippen LogP contribution in [0.5, 0.6) is 0 Å². The van der Waals surface area contributed by atoms with E-state index >= 15 is 4.39 Å². The first-order valence-corrected chi connectivity index (χ1v) is 10.2. The number of hydrogen-bond donors (Lipinski definition) is 3. The third-order valence-corrected chi connectivity index (χ3v) is 5.32. The summed E-state index contributed by atoms with van der Waals surface area (Å²) in [6, 6.07) is 3.83. The fourth-order valence-electron chi connectivity index (χ4n) is 3.37. The lowest BCUT2D eigenvalue weighted by molar-refractivity contribution is -0.126. The Kier molecular flexibility index (Phi) is 6.69. The van der Waals surface area contributed by atoms with Gasteiger partial charge in [0.2, 0.25) is 0 Å². The van der Waals surface area contributed by atoms with Gasteiger partial charge in [0.25, 0.3) is 0 Å². The molecule has 0 spiro atoms. The van der Waals surface area contributed by atoms with Gasteiger partial charge in [-0.2, -0.15) is 8.78 Å². The van der Waals surface area contributed by atoms with E-state index in [-0.39, 0.29) is 12.1 Å². The number of alkyl halides is 2. The van der Waals surface area contributed by atoms with Gasteiger partial charge in [0.05, 0.1) is 10.9 Å². The van der Waals surface area contributed by atoms with Crippen molar-refractivity contribution in [3.05, 3.63) is 63.8 Å². The molecule has 0 bridgehead atoms. The number of rotatable bonds is 8. The van der Waals surface area contributed by atoms with E-state index in [4.69, 9.17) is 0 Å². The van der Waals surface area contributed by atoms with Crippen LogP contribution in [0.3, 0.4) is 0 Å². The van der Waals surface area contributed by atoms with Crippen LogP contribution in [-0.2, 0) is 12.5 Å². The van der Waals surface area contributed by atoms with Crippen molar-refractivity contribution >= 4 is 18.0 Å². The van der Waals surface area contributed by atoms with E-state index in [1.807, 2.05) is 13.0 Å². The van der Waals surface area contributed by atoms with Gasteiger partial charge in [-0.15, -0.1) is 0 Å². The normalized spacial score (nSPS) is 16.4. The number of benzene rings is 1. The summed E-state index contributed by atoms with van der Waals surface area (Å²) >= 11 is 0. The second-order valence-electron chi connectivity index (χ2n) is 7.66. The molecule has 1 saturated carbocycles. The fraction of sp³-hybridized carbons (Fsp3) is 0.391. The van der Waals surface area contributed by atoms with Gasteiger partial charge in [-0.05, 0) is 44.7 Å². The van der Waals surface area contributed by atoms with Crippen LogP contribution >= 0.6 is 0 Å². The summed E-state index contributed by atoms with van der Waals surface area (Å²) in [6.07, 6.45) is 2.74. The topological polar surface area (TPSA) is 70.1 Å². The zero-order valence-electron chi connectivity index (χ0n) is 17.8. The van der Waals surface area contributed by atoms with Crippen molar-refractivity contribution in [2.45, 2.75) is 45.3 Å². The minimum absolute atomic E-state index is 0.0526. The highest BCUT2D eigenvalue weighted by Crippen LogP contribution is 2.45. The van der Waals surface area contributed by atoms with E-state index in [2.05, 4.69) is 27.2 Å². The Labute approximate surface area is 179 Å². The van der Waals surface area contributed by atoms with Crippen LogP contribution in [0.25, 0.3) is 12.2 Å². The van der Waals surface area contributed by atoms with Crippen LogP contribution in [0, 0.1) is 18.7 Å². The molecule has 1 atom stereocenters. The fourth-order valence-corrected chi connectivity index (χ4v) is 3.37. The Hall–Kier alpha value is -2.87. The standard InChI is InChI=1S/C23H27F3N4O/c1-5-19-17(11-13(2)27-4)22(30-14(3)29-19)28-12-16-7-6-8-18(20(16)24)23(25,26)21(31)15-9-10-15/h5-8,11,15,21,27,31H,2,9-10,12H2,1,3-4H3,(H,28,29,30)/b17-11+,19-5+. The Balaban J connectivity index is 1.95. The molecule has 1 unspecified atom stereocenters. The van der Waals surface area contributed by atoms with Crippen molar-refractivity contribution in [3.8, 4) is 0 Å². The molecular weight excluding hydrogens is 405 g/mol. The van der Waals surface area contributed by atoms with Gasteiger partial charge in [-0.25, -0.2) is 14.4 Å². The van der Waals surface area contributed by atoms with Crippen molar-refractivity contribution in [1.29, 1.82) is 0 Å². The van der Waals surface area contributed by atoms with Crippen molar-refractivity contribution in [2.75, 3.05) is 12.4 Å². The number of hydrogen-bond acceptors (Lipinski definition) is 5. The molecule has 1 aromatic carbocycles. The van der Waals surface area contributed by atoms with Gasteiger partial charge in [0.15, 0.2) is 0 Å². The number of anilines is 1. The summed E-state index contributed by atoms with van der Waals surface area (Å²) in [5, 5.41) is 17.2. The molecule has 1 aromatic heterocycles. The molecule has 3 rings (SSSR count). The summed E-state index contributed by atoms with van der Waals surface area (Å²) in [4.78, 5) is 8.78. The van der Waals surface area contributed by atoms with Gasteiger partial charge in [0, 0.05) is 30.1 Å². The second-order valence-corrected chi connectivity index (χ2v) is 7.66. The average molecular weight is 432 g/mol. The van der Waals surface area contributed by atoms with Crippen molar-refractivity contribution in [2.24, 2.45) is 5.92 Å². The maximum atomic E-state index is 15.0. The number of aryl methyl sites for hydroxylation is 1. The van der Waals surface area contributed by atoms with Gasteiger partial charge in [-0.3, -0.25) is 0 Å². The molecule has 0 saturated heterocycles. The largest absolute Gasteiger partial charge is 0.389 e. The number of allylic oxidation sites excluding steroid dienone is 1. The average Bonchev–Trinajstić information content (AvgIpc) is 3.58. The molecule has 0 aliphatic heterocycles. The molecule has 5 nitrogen and oxygen atoms in total. The van der Waals surface area contributed by atoms with Gasteiger partial charge < -0.3 is 15.7 Å². The number of halogens is 3. The van der Waals surface area contributed by atoms with Crippen LogP contribution in [-0.4, -0.2) is 28.2 Å². The molecule has 8 heteroatoms. The lowest BCUT2D eigenvalue weighted by atomic mass is 9.97. The predicted octanol–water partition coefficient (Wildman–Crippen LogP) is 2.71. The molecule has 0 radical (unpaired) electrons. The maximum absolute atomic E-state index is 15.0. The lowest BCUT2D eigenvalue weighted by Crippen LogP contribution is -2.34. The molecule has 1 heterocycles. The maximum Gasteiger partial charge on any atom is 0.301 e. The van der Waals surface area contributed by atoms with E-state index < -0.39 is 29.3 Å². The van der Waals surface area contributed by atoms with Crippen LogP contribution in [0.2, 0.25) is 0 Å². The molecule has 3 N–H and O–H groups in total. The SMILES string of the molecule is C=C(/C=c1/c(NCc2cccc(C(F)(F)C(O)C3CC3)c2F)nc(C)n/c1=C/C)NC. The highest BCUT2D eigenvalue weighted by Gasteiger charge is 2.50. The van der Waals surface area contributed by atoms with Crippen molar-refractivity contribution in [3.63, 3.8) is 0 Å². The molecule has 2 aromatic rings. The van der Waals surface area contributed by atoms with E-state index in [0.29, 0.717) is 40.7 Å². The predicted molar refractivity (Wildman–Crippen MR) is 115 cm³/mol. The van der Waals surface area contributed by atoms with Gasteiger partial charge in [0.1, 0.15) is 23.6 Å². The van der Waals surface area contributed by atoms with E-state index in [9.17, 15) is 13.9 Å². The monoisotopic (exact) mass is 432 g/mol. The number of aromatic nitrogens is 2. The van der Waals surface area contributed by atoms with E-state index in [0.717, 1.165) is 6.07 Å². The highest BCUT2D eigenvalue weighted by atomic mass is 19.3. The van der Waals surface area contributed by atoms with Crippen LogP contribution < -0.4 is 21.2 Å². The molecule has 1 aliphatic rings. The number of nitrogens with one attached hydrogen (secondary N) is 2. The lowest BCUT2D eigenvalue weighted by Gasteiger charge is -2.24. The van der Waals surface area contributed by atoms with Gasteiger partial charge in [-0.1, -0.05) is 24.8 Å². The Morgan fingerprint density at radius 3 is 2.68 bits per heavy atom. The molecule has 1 fully saturated rings. The highest BCUT2D eigenvalue weighted by molar-refractivity contribution is 5.52. The van der Waals surface area contributed by atoms with E-state index in [1.165, 1.54) is 12.1 Å². The zero-order valence-corrected chi connectivity index (χ0v) is 17.8. The summed E-state index contributed by atoms with van der Waals surface area (Å²) in [5.41, 5.74) is -0.111. The second kappa shape index (κ2) is 9.09. The summed E-state index contributed by atoms with van der Waals surface area (Å²) in [6.45, 7) is 7.38. The summed E-state index contributed by atoms with van der Waals surface area (Å²) < 4.78 is 44.4. The summed E-state index contributed by atoms with van der Waals surface area (Å²) in [7, 11) is 1.73. The molecule has 0 amide bonds. The van der Waals surface area contributed by atoms with Crippen molar-refractivity contribution < 1.29 is 18.3 Å². The quantitative estimate of drug-likeness (QED) is 0.599. The van der Waals surface area contributed by atoms with Gasteiger partial charge >= 0.3 is 5.92 Å². The number of aliphatic hydroxyl groups is 1. The minimum Gasteiger partial charge on any atom is -0.389 e. The molecule has 1 aliphatic carbocycles. The number of aliphatic hydroxyl groups excluding tert-OH is 1. The molecular formula is C23H27F3N4O. The van der Waals surface area contributed by atoms with Crippen LogP contribution in [0.1, 0.15) is 36.7 Å². The first-order chi connectivity index (χ1) is 14.7. The molecule has 166 valence electrons. The molecule has 31 heavy (non-hydrogen) atoms. The minimum atomic E-state index is -3.65. The zero-order chi connectivity index (χ0) is 22.8. The number of nitrogens with zero attached hydrogens (tertiary/aromatic N) is 2. The Morgan fingerprint density at radius 1 is 1.35 bits per heavy atom. The third-order valence-electron chi connectivity index (χ3n) is 5.32. The smallest absolute Gasteiger partial charge is 0.301 e. The summed E-state index contributed by atoms with van der Waals surface area (Å²) in [5.74, 6) is -4.22. The van der Waals surface area contributed by atoms with Crippen molar-refractivity contribution in [1.82, 2.24) is 15.3 Å². The van der Waals surface area contributed by atoms with Crippen LogP contribution in [0.4, 0.5) is 19.0 Å². The first-order valence-electron chi connectivity index (χ1n) is 10.2. The third kappa shape index (κ3) is 4.90. The van der Waals surface area contributed by atoms with E-state index in [1.54, 1.807) is 20.0 Å². The first kappa shape index (κ1) is 22.8. The van der Waals surface area contributed by atoms with Crippen LogP contribution in [0.15, 0.2) is 30.5 Å².